The van der Waals surface area contributed by atoms with E-state index in [0.29, 0.717) is 31.6 Å². The fourth-order valence-corrected chi connectivity index (χ4v) is 3.37. The lowest BCUT2D eigenvalue weighted by atomic mass is 9.96. The highest BCUT2D eigenvalue weighted by Gasteiger charge is 2.27. The van der Waals surface area contributed by atoms with Gasteiger partial charge in [-0.15, -0.1) is 0 Å². The van der Waals surface area contributed by atoms with Crippen LogP contribution in [0.3, 0.4) is 0 Å². The fraction of sp³-hybridized carbons (Fsp3) is 0.588. The number of anilines is 1. The van der Waals surface area contributed by atoms with E-state index < -0.39 is 0 Å². The lowest BCUT2D eigenvalue weighted by molar-refractivity contribution is -0.123. The summed E-state index contributed by atoms with van der Waals surface area (Å²) in [6.45, 7) is 3.16. The number of nitrogens with two attached hydrogens (primary N) is 1. The number of carbonyl (C=O) groups is 2. The van der Waals surface area contributed by atoms with Gasteiger partial charge in [0.25, 0.3) is 5.91 Å². The molecule has 2 aliphatic heterocycles. The molecule has 0 atom stereocenters. The van der Waals surface area contributed by atoms with Crippen LogP contribution in [0.25, 0.3) is 0 Å². The second-order valence-electron chi connectivity index (χ2n) is 6.40. The molecule has 0 saturated carbocycles. The molecule has 2 saturated heterocycles. The molecule has 1 aromatic rings. The molecule has 0 aliphatic carbocycles. The van der Waals surface area contributed by atoms with Crippen molar-refractivity contribution in [2.24, 2.45) is 11.7 Å². The minimum Gasteiger partial charge on any atom is -0.369 e. The van der Waals surface area contributed by atoms with Crippen molar-refractivity contribution in [3.8, 4) is 0 Å². The maximum absolute atomic E-state index is 12.6. The van der Waals surface area contributed by atoms with E-state index in [1.807, 2.05) is 12.1 Å². The molecule has 0 unspecified atom stereocenters. The molecule has 3 heterocycles. The average Bonchev–Trinajstić information content (AvgIpc) is 2.62. The zero-order valence-electron chi connectivity index (χ0n) is 13.4. The van der Waals surface area contributed by atoms with E-state index in [4.69, 9.17) is 5.73 Å². The molecular formula is C17H24N4O2. The number of hydrogen-bond acceptors (Lipinski definition) is 4. The Morgan fingerprint density at radius 2 is 1.74 bits per heavy atom. The van der Waals surface area contributed by atoms with Gasteiger partial charge in [-0.25, -0.2) is 4.98 Å². The number of carbonyl (C=O) groups excluding carboxylic acids is 2. The van der Waals surface area contributed by atoms with Crippen LogP contribution in [0.4, 0.5) is 5.82 Å². The van der Waals surface area contributed by atoms with Gasteiger partial charge in [0.15, 0.2) is 0 Å². The molecule has 2 amide bonds. The quantitative estimate of drug-likeness (QED) is 0.914. The van der Waals surface area contributed by atoms with Gasteiger partial charge in [-0.3, -0.25) is 9.59 Å². The Morgan fingerprint density at radius 1 is 1.04 bits per heavy atom. The molecule has 6 heteroatoms. The number of aromatic nitrogens is 1. The van der Waals surface area contributed by atoms with Crippen molar-refractivity contribution in [2.45, 2.75) is 32.1 Å². The van der Waals surface area contributed by atoms with Crippen LogP contribution in [0.5, 0.6) is 0 Å². The van der Waals surface area contributed by atoms with E-state index in [1.54, 1.807) is 11.0 Å². The second-order valence-corrected chi connectivity index (χ2v) is 6.40. The predicted octanol–water partition coefficient (Wildman–Crippen LogP) is 1.41. The van der Waals surface area contributed by atoms with Crippen molar-refractivity contribution in [3.05, 3.63) is 23.9 Å². The summed E-state index contributed by atoms with van der Waals surface area (Å²) < 4.78 is 0. The molecule has 124 valence electrons. The van der Waals surface area contributed by atoms with E-state index in [0.717, 1.165) is 18.9 Å². The molecule has 1 aromatic heterocycles. The van der Waals surface area contributed by atoms with Crippen molar-refractivity contribution < 1.29 is 9.59 Å². The molecule has 0 aromatic carbocycles. The summed E-state index contributed by atoms with van der Waals surface area (Å²) in [4.78, 5) is 32.5. The Bertz CT molecular complexity index is 576. The maximum atomic E-state index is 12.6. The van der Waals surface area contributed by atoms with Gasteiger partial charge >= 0.3 is 0 Å². The van der Waals surface area contributed by atoms with E-state index in [-0.39, 0.29) is 17.7 Å². The Balaban J connectivity index is 1.67. The highest BCUT2D eigenvalue weighted by molar-refractivity contribution is 5.93. The van der Waals surface area contributed by atoms with Crippen molar-refractivity contribution in [1.82, 2.24) is 9.88 Å². The van der Waals surface area contributed by atoms with Gasteiger partial charge in [-0.1, -0.05) is 6.07 Å². The van der Waals surface area contributed by atoms with Gasteiger partial charge in [-0.2, -0.15) is 0 Å². The van der Waals surface area contributed by atoms with Crippen molar-refractivity contribution >= 4 is 17.6 Å². The minimum atomic E-state index is -0.262. The van der Waals surface area contributed by atoms with Crippen LogP contribution in [-0.2, 0) is 4.79 Å². The Hall–Kier alpha value is -2.11. The van der Waals surface area contributed by atoms with Crippen LogP contribution < -0.4 is 10.6 Å². The zero-order chi connectivity index (χ0) is 16.2. The Labute approximate surface area is 136 Å². The summed E-state index contributed by atoms with van der Waals surface area (Å²) in [6, 6.07) is 5.65. The van der Waals surface area contributed by atoms with Gasteiger partial charge in [-0.05, 0) is 44.2 Å². The van der Waals surface area contributed by atoms with Gasteiger partial charge in [0, 0.05) is 32.1 Å². The van der Waals surface area contributed by atoms with Crippen LogP contribution in [0.15, 0.2) is 18.2 Å². The molecule has 2 N–H and O–H groups in total. The number of hydrogen-bond donors (Lipinski definition) is 1. The number of pyridine rings is 1. The van der Waals surface area contributed by atoms with Gasteiger partial charge < -0.3 is 15.5 Å². The standard InChI is InChI=1S/C17H24N4O2/c18-16(22)13-7-11-21(12-8-13)17(23)14-5-4-6-15(19-14)20-9-2-1-3-10-20/h4-6,13H,1-3,7-12H2,(H2,18,22). The topological polar surface area (TPSA) is 79.5 Å². The monoisotopic (exact) mass is 316 g/mol. The minimum absolute atomic E-state index is 0.0493. The first kappa shape index (κ1) is 15.8. The SMILES string of the molecule is NC(=O)C1CCN(C(=O)c2cccc(N3CCCCC3)n2)CC1. The van der Waals surface area contributed by atoms with E-state index in [2.05, 4.69) is 9.88 Å². The number of nitrogens with zero attached hydrogens (tertiary/aromatic N) is 3. The molecule has 0 bridgehead atoms. The van der Waals surface area contributed by atoms with Crippen LogP contribution in [0.1, 0.15) is 42.6 Å². The van der Waals surface area contributed by atoms with E-state index in [1.165, 1.54) is 19.3 Å². The third-order valence-corrected chi connectivity index (χ3v) is 4.82. The summed E-state index contributed by atoms with van der Waals surface area (Å²) in [5.74, 6) is 0.475. The molecule has 2 aliphatic rings. The lowest BCUT2D eigenvalue weighted by Crippen LogP contribution is -2.42. The Kier molecular flexibility index (Phi) is 4.79. The normalized spacial score (nSPS) is 19.7. The maximum Gasteiger partial charge on any atom is 0.272 e. The van der Waals surface area contributed by atoms with E-state index >= 15 is 0 Å². The molecule has 23 heavy (non-hydrogen) atoms. The van der Waals surface area contributed by atoms with Gasteiger partial charge in [0.05, 0.1) is 0 Å². The first-order valence-electron chi connectivity index (χ1n) is 8.46. The van der Waals surface area contributed by atoms with Crippen LogP contribution >= 0.6 is 0 Å². The molecule has 2 fully saturated rings. The smallest absolute Gasteiger partial charge is 0.272 e. The highest BCUT2D eigenvalue weighted by Crippen LogP contribution is 2.21. The molecular weight excluding hydrogens is 292 g/mol. The highest BCUT2D eigenvalue weighted by atomic mass is 16.2. The summed E-state index contributed by atoms with van der Waals surface area (Å²) in [6.07, 6.45) is 4.92. The zero-order valence-corrected chi connectivity index (χ0v) is 13.4. The first-order chi connectivity index (χ1) is 11.1. The molecule has 6 nitrogen and oxygen atoms in total. The van der Waals surface area contributed by atoms with Crippen LogP contribution in [0.2, 0.25) is 0 Å². The van der Waals surface area contributed by atoms with Crippen molar-refractivity contribution in [3.63, 3.8) is 0 Å². The summed E-state index contributed by atoms with van der Waals surface area (Å²) >= 11 is 0. The largest absolute Gasteiger partial charge is 0.369 e. The number of primary amides is 1. The number of rotatable bonds is 3. The van der Waals surface area contributed by atoms with Crippen LogP contribution in [-0.4, -0.2) is 47.9 Å². The van der Waals surface area contributed by atoms with E-state index in [9.17, 15) is 9.59 Å². The summed E-state index contributed by atoms with van der Waals surface area (Å²) in [5.41, 5.74) is 5.83. The number of likely N-dealkylation sites (tertiary alicyclic amines) is 1. The van der Waals surface area contributed by atoms with Gasteiger partial charge in [0.1, 0.15) is 11.5 Å². The lowest BCUT2D eigenvalue weighted by Gasteiger charge is -2.31. The molecule has 0 radical (unpaired) electrons. The predicted molar refractivity (Wildman–Crippen MR) is 88.1 cm³/mol. The average molecular weight is 316 g/mol. The Morgan fingerprint density at radius 3 is 2.39 bits per heavy atom. The number of piperidine rings is 2. The number of amides is 2. The van der Waals surface area contributed by atoms with Crippen molar-refractivity contribution in [1.29, 1.82) is 0 Å². The first-order valence-corrected chi connectivity index (χ1v) is 8.46. The van der Waals surface area contributed by atoms with Gasteiger partial charge in [0.2, 0.25) is 5.91 Å². The molecule has 0 spiro atoms. The third-order valence-electron chi connectivity index (χ3n) is 4.82. The fourth-order valence-electron chi connectivity index (χ4n) is 3.37. The second kappa shape index (κ2) is 6.98. The third kappa shape index (κ3) is 3.63. The summed E-state index contributed by atoms with van der Waals surface area (Å²) in [7, 11) is 0. The van der Waals surface area contributed by atoms with Crippen LogP contribution in [0, 0.1) is 5.92 Å². The summed E-state index contributed by atoms with van der Waals surface area (Å²) in [5, 5.41) is 0. The van der Waals surface area contributed by atoms with Crippen molar-refractivity contribution in [2.75, 3.05) is 31.1 Å². The molecule has 3 rings (SSSR count).